The van der Waals surface area contributed by atoms with Crippen molar-refractivity contribution in [3.63, 3.8) is 0 Å². The first-order valence-corrected chi connectivity index (χ1v) is 8.33. The number of aliphatic hydroxyl groups is 1. The van der Waals surface area contributed by atoms with E-state index in [0.29, 0.717) is 6.42 Å². The van der Waals surface area contributed by atoms with Gasteiger partial charge in [0.05, 0.1) is 5.71 Å². The van der Waals surface area contributed by atoms with Gasteiger partial charge in [0, 0.05) is 19.3 Å². The van der Waals surface area contributed by atoms with Gasteiger partial charge < -0.3 is 9.84 Å². The number of allylic oxidation sites excluding steroid dienone is 3. The van der Waals surface area contributed by atoms with Crippen LogP contribution in [0.25, 0.3) is 0 Å². The van der Waals surface area contributed by atoms with Gasteiger partial charge in [-0.1, -0.05) is 51.1 Å². The number of aliphatic imine (C=N–C) groups is 1. The van der Waals surface area contributed by atoms with Crippen LogP contribution in [0.3, 0.4) is 0 Å². The molecule has 0 radical (unpaired) electrons. The van der Waals surface area contributed by atoms with Gasteiger partial charge in [-0.3, -0.25) is 4.99 Å². The molecule has 1 aromatic carbocycles. The van der Waals surface area contributed by atoms with Crippen LogP contribution in [0.2, 0.25) is 0 Å². The van der Waals surface area contributed by atoms with Gasteiger partial charge in [0.15, 0.2) is 0 Å². The summed E-state index contributed by atoms with van der Waals surface area (Å²) >= 11 is 0. The van der Waals surface area contributed by atoms with Crippen LogP contribution in [0.4, 0.5) is 0 Å². The molecular formula is C21H31NO2. The Bertz CT molecular complexity index is 634. The number of nitrogens with zero attached hydrogens (tertiary/aromatic N) is 1. The van der Waals surface area contributed by atoms with E-state index in [1.807, 2.05) is 6.08 Å². The topological polar surface area (TPSA) is 41.8 Å². The van der Waals surface area contributed by atoms with Gasteiger partial charge in [0.2, 0.25) is 0 Å². The van der Waals surface area contributed by atoms with E-state index in [2.05, 4.69) is 64.4 Å². The number of hydrogen-bond donors (Lipinski definition) is 1. The van der Waals surface area contributed by atoms with Crippen molar-refractivity contribution in [1.29, 1.82) is 0 Å². The number of methoxy groups -OCH3 is 1. The molecule has 0 aliphatic carbocycles. The third-order valence-electron chi connectivity index (χ3n) is 3.67. The van der Waals surface area contributed by atoms with E-state index in [1.54, 1.807) is 7.11 Å². The van der Waals surface area contributed by atoms with E-state index in [0.717, 1.165) is 28.0 Å². The highest BCUT2D eigenvalue weighted by Gasteiger charge is 2.15. The van der Waals surface area contributed by atoms with Crippen LogP contribution < -0.4 is 0 Å². The van der Waals surface area contributed by atoms with Crippen LogP contribution in [-0.2, 0) is 11.2 Å². The fourth-order valence-corrected chi connectivity index (χ4v) is 2.57. The highest BCUT2D eigenvalue weighted by molar-refractivity contribution is 6.15. The third kappa shape index (κ3) is 6.06. The predicted octanol–water partition coefficient (Wildman–Crippen LogP) is 4.39. The second kappa shape index (κ2) is 8.95. The summed E-state index contributed by atoms with van der Waals surface area (Å²) in [6.45, 7) is 15.2. The zero-order valence-electron chi connectivity index (χ0n) is 15.9. The van der Waals surface area contributed by atoms with Gasteiger partial charge >= 0.3 is 0 Å². The molecule has 0 fully saturated rings. The zero-order valence-corrected chi connectivity index (χ0v) is 15.9. The number of ether oxygens (including phenoxy) is 1. The molecular weight excluding hydrogens is 298 g/mol. The van der Waals surface area contributed by atoms with E-state index in [9.17, 15) is 5.11 Å². The van der Waals surface area contributed by atoms with Crippen molar-refractivity contribution in [2.24, 2.45) is 10.4 Å². The van der Waals surface area contributed by atoms with E-state index in [-0.39, 0.29) is 18.8 Å². The van der Waals surface area contributed by atoms with Crippen LogP contribution in [0.1, 0.15) is 43.0 Å². The number of aliphatic hydroxyl groups excluding tert-OH is 1. The summed E-state index contributed by atoms with van der Waals surface area (Å²) in [5.74, 6) is 0. The first kappa shape index (κ1) is 20.3. The largest absolute Gasteiger partial charge is 0.396 e. The normalized spacial score (nSPS) is 12.9. The summed E-state index contributed by atoms with van der Waals surface area (Å²) in [7, 11) is 1.63. The number of benzene rings is 1. The molecule has 1 aromatic rings. The highest BCUT2D eigenvalue weighted by Crippen LogP contribution is 2.23. The average Bonchev–Trinajstić information content (AvgIpc) is 2.48. The number of rotatable bonds is 7. The minimum absolute atomic E-state index is 0.0752. The highest BCUT2D eigenvalue weighted by atomic mass is 16.5. The van der Waals surface area contributed by atoms with Crippen LogP contribution in [0.15, 0.2) is 41.4 Å². The fourth-order valence-electron chi connectivity index (χ4n) is 2.57. The molecule has 1 rings (SSSR count). The van der Waals surface area contributed by atoms with Crippen molar-refractivity contribution in [3.8, 4) is 0 Å². The monoisotopic (exact) mass is 329 g/mol. The molecule has 24 heavy (non-hydrogen) atoms. The molecule has 0 saturated heterocycles. The summed E-state index contributed by atoms with van der Waals surface area (Å²) in [5, 5.41) is 9.44. The Kier molecular flexibility index (Phi) is 7.59. The smallest absolute Gasteiger partial charge is 0.137 e. The maximum atomic E-state index is 9.44. The van der Waals surface area contributed by atoms with E-state index < -0.39 is 0 Å². The van der Waals surface area contributed by atoms with Gasteiger partial charge in [-0.05, 0) is 48.4 Å². The molecule has 0 aliphatic heterocycles. The molecule has 132 valence electrons. The Morgan fingerprint density at radius 2 is 1.96 bits per heavy atom. The second-order valence-electron chi connectivity index (χ2n) is 7.23. The van der Waals surface area contributed by atoms with Crippen molar-refractivity contribution in [1.82, 2.24) is 0 Å². The van der Waals surface area contributed by atoms with Gasteiger partial charge in [-0.2, -0.15) is 0 Å². The maximum absolute atomic E-state index is 9.44. The van der Waals surface area contributed by atoms with Gasteiger partial charge in [-0.15, -0.1) is 0 Å². The van der Waals surface area contributed by atoms with Crippen LogP contribution >= 0.6 is 0 Å². The standard InChI is InChI=1S/C21H31NO2/c1-15-12-17(3)18(9-11-23)19(13-15)20(22-14-24-7)16(2)8-10-21(4,5)6/h8,10,12-13,23H,2,9,11,14H2,1,3-7H3/b10-8-,22-20-. The molecule has 0 aromatic heterocycles. The summed E-state index contributed by atoms with van der Waals surface area (Å²) in [6.07, 6.45) is 4.75. The van der Waals surface area contributed by atoms with Crippen molar-refractivity contribution in [3.05, 3.63) is 58.7 Å². The van der Waals surface area contributed by atoms with Crippen molar-refractivity contribution in [2.45, 2.75) is 41.0 Å². The lowest BCUT2D eigenvalue weighted by Gasteiger charge is -2.17. The minimum atomic E-state index is 0.0752. The Labute approximate surface area is 146 Å². The van der Waals surface area contributed by atoms with Crippen LogP contribution in [0, 0.1) is 19.3 Å². The molecule has 0 amide bonds. The third-order valence-corrected chi connectivity index (χ3v) is 3.67. The predicted molar refractivity (Wildman–Crippen MR) is 103 cm³/mol. The second-order valence-corrected chi connectivity index (χ2v) is 7.23. The summed E-state index contributed by atoms with van der Waals surface area (Å²) < 4.78 is 5.15. The number of hydrogen-bond acceptors (Lipinski definition) is 3. The molecule has 0 aliphatic rings. The van der Waals surface area contributed by atoms with Crippen molar-refractivity contribution < 1.29 is 9.84 Å². The molecule has 0 spiro atoms. The Morgan fingerprint density at radius 1 is 1.29 bits per heavy atom. The molecule has 0 bridgehead atoms. The Hall–Kier alpha value is -1.71. The molecule has 0 atom stereocenters. The number of aryl methyl sites for hydroxylation is 2. The lowest BCUT2D eigenvalue weighted by Crippen LogP contribution is -2.12. The van der Waals surface area contributed by atoms with E-state index in [4.69, 9.17) is 4.74 Å². The Morgan fingerprint density at radius 3 is 2.50 bits per heavy atom. The van der Waals surface area contributed by atoms with Gasteiger partial charge in [0.25, 0.3) is 0 Å². The summed E-state index contributed by atoms with van der Waals surface area (Å²) in [6, 6.07) is 4.25. The lowest BCUT2D eigenvalue weighted by atomic mass is 9.89. The van der Waals surface area contributed by atoms with E-state index >= 15 is 0 Å². The molecule has 3 nitrogen and oxygen atoms in total. The average molecular weight is 329 g/mol. The Balaban J connectivity index is 3.42. The van der Waals surface area contributed by atoms with E-state index in [1.165, 1.54) is 5.56 Å². The minimum Gasteiger partial charge on any atom is -0.396 e. The van der Waals surface area contributed by atoms with Crippen LogP contribution in [-0.4, -0.2) is 31.3 Å². The molecule has 1 N–H and O–H groups in total. The van der Waals surface area contributed by atoms with Crippen LogP contribution in [0.5, 0.6) is 0 Å². The fraction of sp³-hybridized carbons (Fsp3) is 0.476. The quantitative estimate of drug-likeness (QED) is 0.595. The molecule has 3 heteroatoms. The maximum Gasteiger partial charge on any atom is 0.137 e. The lowest BCUT2D eigenvalue weighted by molar-refractivity contribution is 0.209. The molecule has 0 saturated carbocycles. The molecule has 0 heterocycles. The van der Waals surface area contributed by atoms with Crippen molar-refractivity contribution in [2.75, 3.05) is 20.4 Å². The SMILES string of the molecule is C=C(/C=C\C(C)(C)C)/C(=N/COC)c1cc(C)cc(C)c1CCO. The van der Waals surface area contributed by atoms with Crippen molar-refractivity contribution >= 4 is 5.71 Å². The van der Waals surface area contributed by atoms with Gasteiger partial charge in [0.1, 0.15) is 6.73 Å². The first-order valence-electron chi connectivity index (χ1n) is 8.33. The molecule has 0 unspecified atom stereocenters. The summed E-state index contributed by atoms with van der Waals surface area (Å²) in [4.78, 5) is 4.60. The van der Waals surface area contributed by atoms with Gasteiger partial charge in [-0.25, -0.2) is 0 Å². The zero-order chi connectivity index (χ0) is 18.3. The summed E-state index contributed by atoms with van der Waals surface area (Å²) in [5.41, 5.74) is 6.23. The first-order chi connectivity index (χ1) is 11.2.